The van der Waals surface area contributed by atoms with Crippen LogP contribution in [0.5, 0.6) is 0 Å². The van der Waals surface area contributed by atoms with Gasteiger partial charge in [0, 0.05) is 7.05 Å². The molecule has 1 aromatic carbocycles. The number of benzene rings is 1. The van der Waals surface area contributed by atoms with Crippen molar-refractivity contribution in [3.8, 4) is 0 Å². The van der Waals surface area contributed by atoms with Gasteiger partial charge in [-0.3, -0.25) is 9.48 Å². The summed E-state index contributed by atoms with van der Waals surface area (Å²) >= 11 is 0. The Kier molecular flexibility index (Phi) is 5.13. The fraction of sp³-hybridized carbons (Fsp3) is 0.350. The first kappa shape index (κ1) is 19.5. The molecule has 1 amide bonds. The van der Waals surface area contributed by atoms with E-state index in [1.54, 1.807) is 36.9 Å². The Hall–Kier alpha value is -3.29. The number of aromatic nitrogens is 4. The minimum atomic E-state index is -0.965. The molecule has 146 valence electrons. The highest BCUT2D eigenvalue weighted by atomic mass is 16.5. The zero-order valence-electron chi connectivity index (χ0n) is 16.8. The topological polar surface area (TPSA) is 99.0 Å². The van der Waals surface area contributed by atoms with Crippen LogP contribution in [0.1, 0.15) is 40.1 Å². The maximum Gasteiger partial charge on any atom is 0.338 e. The minimum absolute atomic E-state index is 0.318. The molecule has 2 aromatic heterocycles. The number of fused-ring (bicyclic) bond motifs is 1. The standard InChI is InChI=1S/C20H23N5O3/c1-10-11(2)22-17-9-15(7-8-16(17)21-10)20(27)28-14(5)19(26)23-18-12(3)24-25(6)13(18)4/h7-9,14H,1-6H3,(H,23,26)/t14-/m0/s1. The van der Waals surface area contributed by atoms with Gasteiger partial charge in [-0.2, -0.15) is 5.10 Å². The fourth-order valence-corrected chi connectivity index (χ4v) is 2.82. The van der Waals surface area contributed by atoms with Crippen molar-refractivity contribution in [1.29, 1.82) is 0 Å². The Labute approximate surface area is 162 Å². The van der Waals surface area contributed by atoms with E-state index in [0.29, 0.717) is 28.0 Å². The second kappa shape index (κ2) is 7.38. The van der Waals surface area contributed by atoms with E-state index in [9.17, 15) is 9.59 Å². The number of anilines is 1. The van der Waals surface area contributed by atoms with Crippen LogP contribution in [0.3, 0.4) is 0 Å². The zero-order chi connectivity index (χ0) is 20.6. The van der Waals surface area contributed by atoms with Crippen LogP contribution in [0.4, 0.5) is 5.69 Å². The normalized spacial score (nSPS) is 12.1. The third kappa shape index (κ3) is 3.71. The number of carbonyl (C=O) groups excluding carboxylic acids is 2. The van der Waals surface area contributed by atoms with Crippen molar-refractivity contribution >= 4 is 28.6 Å². The van der Waals surface area contributed by atoms with E-state index in [1.807, 2.05) is 20.8 Å². The number of amides is 1. The molecule has 28 heavy (non-hydrogen) atoms. The number of rotatable bonds is 4. The highest BCUT2D eigenvalue weighted by Gasteiger charge is 2.22. The van der Waals surface area contributed by atoms with E-state index in [4.69, 9.17) is 4.74 Å². The Bertz CT molecular complexity index is 1090. The predicted molar refractivity (Wildman–Crippen MR) is 105 cm³/mol. The summed E-state index contributed by atoms with van der Waals surface area (Å²) in [6, 6.07) is 4.96. The fourth-order valence-electron chi connectivity index (χ4n) is 2.82. The number of aryl methyl sites for hydroxylation is 4. The van der Waals surface area contributed by atoms with Gasteiger partial charge in [-0.15, -0.1) is 0 Å². The minimum Gasteiger partial charge on any atom is -0.449 e. The summed E-state index contributed by atoms with van der Waals surface area (Å²) in [5, 5.41) is 7.03. The number of ether oxygens (including phenoxy) is 1. The number of carbonyl (C=O) groups is 2. The van der Waals surface area contributed by atoms with Crippen LogP contribution in [0.25, 0.3) is 11.0 Å². The van der Waals surface area contributed by atoms with E-state index in [-0.39, 0.29) is 0 Å². The summed E-state index contributed by atoms with van der Waals surface area (Å²) in [4.78, 5) is 33.8. The van der Waals surface area contributed by atoms with E-state index in [2.05, 4.69) is 20.4 Å². The largest absolute Gasteiger partial charge is 0.449 e. The highest BCUT2D eigenvalue weighted by Crippen LogP contribution is 2.19. The molecule has 2 heterocycles. The molecule has 0 fully saturated rings. The van der Waals surface area contributed by atoms with Crippen molar-refractivity contribution in [2.75, 3.05) is 5.32 Å². The molecule has 3 rings (SSSR count). The number of esters is 1. The first-order chi connectivity index (χ1) is 13.2. The van der Waals surface area contributed by atoms with E-state index in [0.717, 1.165) is 17.1 Å². The van der Waals surface area contributed by atoms with Crippen molar-refractivity contribution < 1.29 is 14.3 Å². The molecular weight excluding hydrogens is 358 g/mol. The molecule has 0 saturated heterocycles. The first-order valence-corrected chi connectivity index (χ1v) is 8.94. The first-order valence-electron chi connectivity index (χ1n) is 8.94. The number of nitrogens with one attached hydrogen (secondary N) is 1. The summed E-state index contributed by atoms with van der Waals surface area (Å²) in [7, 11) is 1.80. The second-order valence-electron chi connectivity index (χ2n) is 6.80. The maximum atomic E-state index is 12.5. The third-order valence-electron chi connectivity index (χ3n) is 4.72. The van der Waals surface area contributed by atoms with Crippen LogP contribution in [0.2, 0.25) is 0 Å². The lowest BCUT2D eigenvalue weighted by Gasteiger charge is -2.14. The van der Waals surface area contributed by atoms with E-state index >= 15 is 0 Å². The van der Waals surface area contributed by atoms with Gasteiger partial charge < -0.3 is 10.1 Å². The zero-order valence-corrected chi connectivity index (χ0v) is 16.8. The van der Waals surface area contributed by atoms with Gasteiger partial charge >= 0.3 is 5.97 Å². The van der Waals surface area contributed by atoms with Gasteiger partial charge in [-0.25, -0.2) is 14.8 Å². The van der Waals surface area contributed by atoms with Gasteiger partial charge in [-0.1, -0.05) is 0 Å². The Morgan fingerprint density at radius 2 is 1.68 bits per heavy atom. The molecule has 3 aromatic rings. The summed E-state index contributed by atoms with van der Waals surface area (Å²) in [6.07, 6.45) is -0.965. The molecule has 8 nitrogen and oxygen atoms in total. The summed E-state index contributed by atoms with van der Waals surface area (Å²) in [5.41, 5.74) is 5.42. The molecule has 0 saturated carbocycles. The molecule has 1 atom stereocenters. The number of nitrogens with zero attached hydrogens (tertiary/aromatic N) is 4. The van der Waals surface area contributed by atoms with Crippen LogP contribution >= 0.6 is 0 Å². The van der Waals surface area contributed by atoms with Crippen LogP contribution in [-0.4, -0.2) is 37.7 Å². The molecule has 0 aliphatic heterocycles. The molecule has 1 N–H and O–H groups in total. The summed E-state index contributed by atoms with van der Waals surface area (Å²) in [5.74, 6) is -1.01. The van der Waals surface area contributed by atoms with E-state index in [1.165, 1.54) is 6.92 Å². The maximum absolute atomic E-state index is 12.5. The Balaban J connectivity index is 1.73. The van der Waals surface area contributed by atoms with Crippen molar-refractivity contribution in [3.63, 3.8) is 0 Å². The highest BCUT2D eigenvalue weighted by molar-refractivity contribution is 5.99. The van der Waals surface area contributed by atoms with Crippen LogP contribution < -0.4 is 5.32 Å². The second-order valence-corrected chi connectivity index (χ2v) is 6.80. The van der Waals surface area contributed by atoms with Crippen LogP contribution in [0.15, 0.2) is 18.2 Å². The molecule has 0 aliphatic carbocycles. The summed E-state index contributed by atoms with van der Waals surface area (Å²) in [6.45, 7) is 8.94. The van der Waals surface area contributed by atoms with Gasteiger partial charge in [0.15, 0.2) is 6.10 Å². The number of hydrogen-bond donors (Lipinski definition) is 1. The van der Waals surface area contributed by atoms with Crippen molar-refractivity contribution in [2.45, 2.75) is 40.7 Å². The molecule has 0 unspecified atom stereocenters. The molecule has 0 aliphatic rings. The molecule has 0 radical (unpaired) electrons. The quantitative estimate of drug-likeness (QED) is 0.698. The monoisotopic (exact) mass is 381 g/mol. The lowest BCUT2D eigenvalue weighted by atomic mass is 10.2. The van der Waals surface area contributed by atoms with Crippen LogP contribution in [0, 0.1) is 27.7 Å². The van der Waals surface area contributed by atoms with Gasteiger partial charge in [0.2, 0.25) is 0 Å². The van der Waals surface area contributed by atoms with Crippen molar-refractivity contribution in [3.05, 3.63) is 46.5 Å². The van der Waals surface area contributed by atoms with Crippen molar-refractivity contribution in [2.24, 2.45) is 7.05 Å². The lowest BCUT2D eigenvalue weighted by Crippen LogP contribution is -2.30. The van der Waals surface area contributed by atoms with E-state index < -0.39 is 18.0 Å². The van der Waals surface area contributed by atoms with Crippen LogP contribution in [-0.2, 0) is 16.6 Å². The molecule has 8 heteroatoms. The molecule has 0 bridgehead atoms. The number of hydrogen-bond acceptors (Lipinski definition) is 6. The van der Waals surface area contributed by atoms with Crippen molar-refractivity contribution in [1.82, 2.24) is 19.7 Å². The van der Waals surface area contributed by atoms with Gasteiger partial charge in [0.1, 0.15) is 0 Å². The molecule has 0 spiro atoms. The third-order valence-corrected chi connectivity index (χ3v) is 4.72. The molecular formula is C20H23N5O3. The Morgan fingerprint density at radius 1 is 1.04 bits per heavy atom. The smallest absolute Gasteiger partial charge is 0.338 e. The van der Waals surface area contributed by atoms with Gasteiger partial charge in [0.25, 0.3) is 5.91 Å². The van der Waals surface area contributed by atoms with Gasteiger partial charge in [-0.05, 0) is 52.8 Å². The van der Waals surface area contributed by atoms with Gasteiger partial charge in [0.05, 0.1) is 45.1 Å². The average molecular weight is 381 g/mol. The Morgan fingerprint density at radius 3 is 2.29 bits per heavy atom. The lowest BCUT2D eigenvalue weighted by molar-refractivity contribution is -0.123. The SMILES string of the molecule is Cc1nc2ccc(C(=O)O[C@@H](C)C(=O)Nc3c(C)nn(C)c3C)cc2nc1C. The average Bonchev–Trinajstić information content (AvgIpc) is 2.88. The predicted octanol–water partition coefficient (Wildman–Crippen LogP) is 2.78. The summed E-state index contributed by atoms with van der Waals surface area (Å²) < 4.78 is 7.02.